The van der Waals surface area contributed by atoms with Gasteiger partial charge in [-0.1, -0.05) is 67.5 Å². The molecule has 0 spiro atoms. The Bertz CT molecular complexity index is 1500. The maximum atomic E-state index is 13.5. The molecule has 1 aromatic heterocycles. The van der Waals surface area contributed by atoms with Crippen LogP contribution in [0.2, 0.25) is 5.02 Å². The van der Waals surface area contributed by atoms with Crippen LogP contribution in [0.3, 0.4) is 0 Å². The summed E-state index contributed by atoms with van der Waals surface area (Å²) in [6.45, 7) is 4.09. The number of hydrogen-bond acceptors (Lipinski definition) is 6. The van der Waals surface area contributed by atoms with Gasteiger partial charge < -0.3 is 5.32 Å². The molecule has 0 bridgehead atoms. The van der Waals surface area contributed by atoms with Crippen LogP contribution in [0.4, 0.5) is 11.4 Å². The lowest BCUT2D eigenvalue weighted by atomic mass is 10.0. The second kappa shape index (κ2) is 10.3. The fraction of sp³-hybridized carbons (Fsp3) is 0.160. The highest BCUT2D eigenvalue weighted by Crippen LogP contribution is 2.29. The van der Waals surface area contributed by atoms with Crippen molar-refractivity contribution in [2.24, 2.45) is 0 Å². The SMILES string of the molecule is CC(C)c1ccccc1-n1c(SCC(=O)Nc2ccc(Cl)c([N+](=O)[O-])c2)nc2ccccc2c1=O. The topological polar surface area (TPSA) is 107 Å². The molecule has 0 saturated heterocycles. The largest absolute Gasteiger partial charge is 0.325 e. The number of nitro benzene ring substituents is 1. The van der Waals surface area contributed by atoms with E-state index in [0.717, 1.165) is 17.3 Å². The number of carbonyl (C=O) groups is 1. The number of nitrogens with one attached hydrogen (secondary N) is 1. The van der Waals surface area contributed by atoms with Gasteiger partial charge in [-0.05, 0) is 41.8 Å². The molecule has 4 aromatic rings. The third-order valence-electron chi connectivity index (χ3n) is 5.30. The molecular weight excluding hydrogens is 488 g/mol. The maximum absolute atomic E-state index is 13.5. The zero-order chi connectivity index (χ0) is 25.1. The number of carbonyl (C=O) groups excluding carboxylic acids is 1. The number of para-hydroxylation sites is 2. The van der Waals surface area contributed by atoms with Crippen LogP contribution < -0.4 is 10.9 Å². The van der Waals surface area contributed by atoms with Crippen molar-refractivity contribution in [2.75, 3.05) is 11.1 Å². The van der Waals surface area contributed by atoms with Gasteiger partial charge in [-0.2, -0.15) is 0 Å². The molecule has 4 rings (SSSR count). The predicted octanol–water partition coefficient (Wildman–Crippen LogP) is 5.80. The number of hydrogen-bond donors (Lipinski definition) is 1. The molecule has 10 heteroatoms. The van der Waals surface area contributed by atoms with E-state index < -0.39 is 10.8 Å². The molecule has 0 aliphatic heterocycles. The van der Waals surface area contributed by atoms with Crippen LogP contribution in [-0.2, 0) is 4.79 Å². The van der Waals surface area contributed by atoms with Crippen LogP contribution in [0, 0.1) is 10.1 Å². The summed E-state index contributed by atoms with van der Waals surface area (Å²) in [4.78, 5) is 41.4. The van der Waals surface area contributed by atoms with E-state index in [4.69, 9.17) is 11.6 Å². The molecule has 1 N–H and O–H groups in total. The lowest BCUT2D eigenvalue weighted by molar-refractivity contribution is -0.384. The fourth-order valence-corrected chi connectivity index (χ4v) is 4.65. The normalized spacial score (nSPS) is 11.1. The van der Waals surface area contributed by atoms with Crippen molar-refractivity contribution in [3.05, 3.63) is 97.8 Å². The second-order valence-corrected chi connectivity index (χ2v) is 9.38. The highest BCUT2D eigenvalue weighted by Gasteiger charge is 2.19. The van der Waals surface area contributed by atoms with E-state index in [-0.39, 0.29) is 33.6 Å². The van der Waals surface area contributed by atoms with Gasteiger partial charge in [-0.3, -0.25) is 24.3 Å². The zero-order valence-corrected chi connectivity index (χ0v) is 20.5. The number of rotatable bonds is 7. The quantitative estimate of drug-likeness (QED) is 0.146. The molecule has 0 atom stereocenters. The first-order chi connectivity index (χ1) is 16.8. The molecule has 8 nitrogen and oxygen atoms in total. The summed E-state index contributed by atoms with van der Waals surface area (Å²) >= 11 is 6.96. The minimum absolute atomic E-state index is 0.0180. The Kier molecular flexibility index (Phi) is 7.18. The molecule has 0 radical (unpaired) electrons. The minimum Gasteiger partial charge on any atom is -0.325 e. The number of aromatic nitrogens is 2. The fourth-order valence-electron chi connectivity index (χ4n) is 3.66. The molecule has 0 aliphatic carbocycles. The molecule has 35 heavy (non-hydrogen) atoms. The van der Waals surface area contributed by atoms with Gasteiger partial charge in [0.2, 0.25) is 5.91 Å². The van der Waals surface area contributed by atoms with Crippen LogP contribution in [0.5, 0.6) is 0 Å². The van der Waals surface area contributed by atoms with Gasteiger partial charge >= 0.3 is 0 Å². The molecule has 0 aliphatic rings. The van der Waals surface area contributed by atoms with Gasteiger partial charge in [-0.15, -0.1) is 0 Å². The Morgan fingerprint density at radius 3 is 2.60 bits per heavy atom. The van der Waals surface area contributed by atoms with Gasteiger partial charge in [0, 0.05) is 11.8 Å². The van der Waals surface area contributed by atoms with Crippen molar-refractivity contribution in [1.29, 1.82) is 0 Å². The Morgan fingerprint density at radius 2 is 1.86 bits per heavy atom. The highest BCUT2D eigenvalue weighted by molar-refractivity contribution is 7.99. The molecule has 0 fully saturated rings. The van der Waals surface area contributed by atoms with Crippen LogP contribution in [0.25, 0.3) is 16.6 Å². The van der Waals surface area contributed by atoms with E-state index in [1.807, 2.05) is 38.1 Å². The molecule has 0 saturated carbocycles. The Balaban J connectivity index is 1.69. The van der Waals surface area contributed by atoms with E-state index in [1.165, 1.54) is 18.2 Å². The van der Waals surface area contributed by atoms with Crippen molar-refractivity contribution >= 4 is 51.5 Å². The van der Waals surface area contributed by atoms with Crippen molar-refractivity contribution < 1.29 is 9.72 Å². The van der Waals surface area contributed by atoms with Gasteiger partial charge in [-0.25, -0.2) is 4.98 Å². The Hall–Kier alpha value is -3.69. The molecule has 1 amide bonds. The monoisotopic (exact) mass is 508 g/mol. The average Bonchev–Trinajstić information content (AvgIpc) is 2.84. The van der Waals surface area contributed by atoms with E-state index in [9.17, 15) is 19.7 Å². The lowest BCUT2D eigenvalue weighted by Crippen LogP contribution is -2.24. The van der Waals surface area contributed by atoms with Crippen LogP contribution >= 0.6 is 23.4 Å². The first-order valence-electron chi connectivity index (χ1n) is 10.7. The standard InChI is InChI=1S/C25H21ClN4O4S/c1-15(2)17-7-4-6-10-21(17)29-24(32)18-8-3-5-9-20(18)28-25(29)35-14-23(31)27-16-11-12-19(26)22(13-16)30(33)34/h3-13,15H,14H2,1-2H3,(H,27,31). The average molecular weight is 509 g/mol. The summed E-state index contributed by atoms with van der Waals surface area (Å²) in [6, 6.07) is 18.7. The number of nitro groups is 1. The van der Waals surface area contributed by atoms with Crippen molar-refractivity contribution in [2.45, 2.75) is 24.9 Å². The number of fused-ring (bicyclic) bond motifs is 1. The summed E-state index contributed by atoms with van der Waals surface area (Å²) in [5.41, 5.74) is 1.95. The van der Waals surface area contributed by atoms with Gasteiger partial charge in [0.25, 0.3) is 11.2 Å². The predicted molar refractivity (Wildman–Crippen MR) is 139 cm³/mol. The van der Waals surface area contributed by atoms with Crippen molar-refractivity contribution in [1.82, 2.24) is 9.55 Å². The number of halogens is 1. The third kappa shape index (κ3) is 5.21. The summed E-state index contributed by atoms with van der Waals surface area (Å²) in [5, 5.41) is 14.6. The summed E-state index contributed by atoms with van der Waals surface area (Å²) in [7, 11) is 0. The van der Waals surface area contributed by atoms with E-state index in [2.05, 4.69) is 10.3 Å². The van der Waals surface area contributed by atoms with E-state index in [0.29, 0.717) is 21.7 Å². The van der Waals surface area contributed by atoms with E-state index in [1.54, 1.807) is 28.8 Å². The van der Waals surface area contributed by atoms with Gasteiger partial charge in [0.05, 0.1) is 27.3 Å². The first-order valence-corrected chi connectivity index (χ1v) is 12.1. The molecule has 1 heterocycles. The Morgan fingerprint density at radius 1 is 1.14 bits per heavy atom. The van der Waals surface area contributed by atoms with Crippen LogP contribution in [-0.4, -0.2) is 26.1 Å². The third-order valence-corrected chi connectivity index (χ3v) is 6.56. The molecule has 178 valence electrons. The maximum Gasteiger partial charge on any atom is 0.289 e. The zero-order valence-electron chi connectivity index (χ0n) is 18.9. The lowest BCUT2D eigenvalue weighted by Gasteiger charge is -2.18. The minimum atomic E-state index is -0.614. The summed E-state index contributed by atoms with van der Waals surface area (Å²) in [5.74, 6) is -0.311. The summed E-state index contributed by atoms with van der Waals surface area (Å²) < 4.78 is 1.54. The number of thioether (sulfide) groups is 1. The van der Waals surface area contributed by atoms with Gasteiger partial charge in [0.1, 0.15) is 5.02 Å². The van der Waals surface area contributed by atoms with Gasteiger partial charge in [0.15, 0.2) is 5.16 Å². The summed E-state index contributed by atoms with van der Waals surface area (Å²) in [6.07, 6.45) is 0. The van der Waals surface area contributed by atoms with Crippen molar-refractivity contribution in [3.63, 3.8) is 0 Å². The Labute approximate surface area is 210 Å². The highest BCUT2D eigenvalue weighted by atomic mass is 35.5. The van der Waals surface area contributed by atoms with E-state index >= 15 is 0 Å². The molecular formula is C25H21ClN4O4S. The number of anilines is 1. The number of amides is 1. The van der Waals surface area contributed by atoms with Crippen LogP contribution in [0.1, 0.15) is 25.3 Å². The second-order valence-electron chi connectivity index (χ2n) is 8.03. The first kappa shape index (κ1) is 24.4. The van der Waals surface area contributed by atoms with Crippen molar-refractivity contribution in [3.8, 4) is 5.69 Å². The molecule has 3 aromatic carbocycles. The van der Waals surface area contributed by atoms with Crippen LogP contribution in [0.15, 0.2) is 76.7 Å². The smallest absolute Gasteiger partial charge is 0.289 e. The number of benzene rings is 3. The number of nitrogens with zero attached hydrogens (tertiary/aromatic N) is 3. The molecule has 0 unspecified atom stereocenters.